The van der Waals surface area contributed by atoms with Crippen LogP contribution in [0.15, 0.2) is 69.4 Å². The first-order valence-corrected chi connectivity index (χ1v) is 7.20. The molecular formula is C17H13NO2S. The van der Waals surface area contributed by atoms with Gasteiger partial charge >= 0.3 is 0 Å². The number of hydrogen-bond donors (Lipinski definition) is 2. The molecule has 0 aliphatic carbocycles. The molecule has 0 unspecified atom stereocenters. The minimum Gasteiger partial charge on any atom is -0.506 e. The minimum atomic E-state index is 0.0387. The van der Waals surface area contributed by atoms with E-state index in [-0.39, 0.29) is 11.5 Å². The van der Waals surface area contributed by atoms with Crippen LogP contribution in [0.2, 0.25) is 0 Å². The van der Waals surface area contributed by atoms with Crippen LogP contribution in [-0.2, 0) is 0 Å². The maximum absolute atomic E-state index is 10.5. The lowest BCUT2D eigenvalue weighted by Gasteiger charge is -2.13. The Labute approximate surface area is 126 Å². The van der Waals surface area contributed by atoms with E-state index in [1.54, 1.807) is 18.2 Å². The monoisotopic (exact) mass is 295 g/mol. The van der Waals surface area contributed by atoms with E-state index in [0.29, 0.717) is 21.4 Å². The average Bonchev–Trinajstić information content (AvgIpc) is 2.54. The van der Waals surface area contributed by atoms with Crippen molar-refractivity contribution in [2.45, 2.75) is 9.79 Å². The van der Waals surface area contributed by atoms with Crippen molar-refractivity contribution in [2.75, 3.05) is 0 Å². The van der Waals surface area contributed by atoms with Crippen molar-refractivity contribution in [3.63, 3.8) is 0 Å². The molecule has 0 radical (unpaired) electrons. The van der Waals surface area contributed by atoms with E-state index < -0.39 is 0 Å². The van der Waals surface area contributed by atoms with Crippen LogP contribution >= 0.6 is 11.8 Å². The Morgan fingerprint density at radius 3 is 2.00 bits per heavy atom. The first kappa shape index (κ1) is 13.5. The summed E-state index contributed by atoms with van der Waals surface area (Å²) in [6, 6.07) is 16.8. The Kier molecular flexibility index (Phi) is 3.54. The zero-order valence-corrected chi connectivity index (χ0v) is 12.0. The summed E-state index contributed by atoms with van der Waals surface area (Å²) in [6.07, 6.45) is 0. The first-order valence-electron chi connectivity index (χ1n) is 6.38. The number of phenols is 2. The summed E-state index contributed by atoms with van der Waals surface area (Å²) in [5.41, 5.74) is 0.306. The Morgan fingerprint density at radius 1 is 0.810 bits per heavy atom. The van der Waals surface area contributed by atoms with Crippen LogP contribution in [0.3, 0.4) is 0 Å². The molecule has 104 valence electrons. The van der Waals surface area contributed by atoms with Crippen LogP contribution in [0.25, 0.3) is 10.8 Å². The molecule has 0 aliphatic rings. The van der Waals surface area contributed by atoms with Gasteiger partial charge in [-0.3, -0.25) is 4.99 Å². The molecule has 3 rings (SSSR count). The lowest BCUT2D eigenvalue weighted by atomic mass is 10.1. The zero-order valence-electron chi connectivity index (χ0n) is 11.2. The van der Waals surface area contributed by atoms with Crippen LogP contribution in [0.5, 0.6) is 11.5 Å². The molecule has 0 bridgehead atoms. The molecule has 3 nitrogen and oxygen atoms in total. The largest absolute Gasteiger partial charge is 0.506 e. The summed E-state index contributed by atoms with van der Waals surface area (Å²) < 4.78 is 0. The molecule has 0 heterocycles. The Hall–Kier alpha value is -2.46. The highest BCUT2D eigenvalue weighted by molar-refractivity contribution is 7.99. The number of aliphatic imine (C=N–C) groups is 1. The van der Waals surface area contributed by atoms with E-state index in [0.717, 1.165) is 4.90 Å². The number of hydrogen-bond acceptors (Lipinski definition) is 4. The summed E-state index contributed by atoms with van der Waals surface area (Å²) >= 11 is 1.35. The molecule has 21 heavy (non-hydrogen) atoms. The number of rotatable bonds is 3. The summed E-state index contributed by atoms with van der Waals surface area (Å²) in [5, 5.41) is 22.1. The van der Waals surface area contributed by atoms with Gasteiger partial charge in [0.25, 0.3) is 0 Å². The second kappa shape index (κ2) is 5.50. The highest BCUT2D eigenvalue weighted by Crippen LogP contribution is 2.50. The van der Waals surface area contributed by atoms with Crippen LogP contribution in [0, 0.1) is 0 Å². The second-order valence-corrected chi connectivity index (χ2v) is 5.58. The van der Waals surface area contributed by atoms with Gasteiger partial charge in [0.2, 0.25) is 0 Å². The molecule has 0 saturated carbocycles. The zero-order chi connectivity index (χ0) is 14.8. The molecule has 0 amide bonds. The molecule has 3 aromatic carbocycles. The lowest BCUT2D eigenvalue weighted by molar-refractivity contribution is 0.460. The van der Waals surface area contributed by atoms with Gasteiger partial charge in [-0.05, 0) is 18.9 Å². The number of nitrogens with zero attached hydrogens (tertiary/aromatic N) is 1. The average molecular weight is 295 g/mol. The van der Waals surface area contributed by atoms with Gasteiger partial charge in [0.15, 0.2) is 0 Å². The molecule has 4 heteroatoms. The van der Waals surface area contributed by atoms with Gasteiger partial charge < -0.3 is 10.2 Å². The third-order valence-electron chi connectivity index (χ3n) is 3.21. The third kappa shape index (κ3) is 2.34. The van der Waals surface area contributed by atoms with Crippen molar-refractivity contribution in [3.8, 4) is 11.5 Å². The number of aromatic hydroxyl groups is 2. The maximum Gasteiger partial charge on any atom is 0.150 e. The summed E-state index contributed by atoms with van der Waals surface area (Å²) in [7, 11) is 0. The van der Waals surface area contributed by atoms with E-state index >= 15 is 0 Å². The quantitative estimate of drug-likeness (QED) is 0.542. The summed E-state index contributed by atoms with van der Waals surface area (Å²) in [4.78, 5) is 5.35. The van der Waals surface area contributed by atoms with Gasteiger partial charge in [-0.1, -0.05) is 54.2 Å². The molecule has 0 atom stereocenters. The van der Waals surface area contributed by atoms with Crippen molar-refractivity contribution in [1.82, 2.24) is 0 Å². The molecular weight excluding hydrogens is 282 g/mol. The van der Waals surface area contributed by atoms with Crippen molar-refractivity contribution in [3.05, 3.63) is 54.6 Å². The predicted octanol–water partition coefficient (Wildman–Crippen LogP) is 4.73. The highest BCUT2D eigenvalue weighted by atomic mass is 32.2. The van der Waals surface area contributed by atoms with Gasteiger partial charge in [-0.25, -0.2) is 0 Å². The normalized spacial score (nSPS) is 10.7. The number of benzene rings is 3. The van der Waals surface area contributed by atoms with Gasteiger partial charge in [0, 0.05) is 15.7 Å². The van der Waals surface area contributed by atoms with Gasteiger partial charge in [-0.2, -0.15) is 0 Å². The SMILES string of the molecule is C=Nc1c(Sc2ccccc2)c(O)c2ccccc2c1O. The lowest BCUT2D eigenvalue weighted by Crippen LogP contribution is -1.83. The van der Waals surface area contributed by atoms with Crippen LogP contribution < -0.4 is 0 Å². The fourth-order valence-corrected chi connectivity index (χ4v) is 3.21. The molecule has 0 fully saturated rings. The standard InChI is InChI=1S/C17H13NO2S/c1-18-14-15(19)12-9-5-6-10-13(12)16(20)17(14)21-11-7-3-2-4-8-11/h2-10,19-20H,1H2. The van der Waals surface area contributed by atoms with E-state index in [4.69, 9.17) is 0 Å². The fraction of sp³-hybridized carbons (Fsp3) is 0. The number of fused-ring (bicyclic) bond motifs is 1. The van der Waals surface area contributed by atoms with Gasteiger partial charge in [0.1, 0.15) is 17.2 Å². The van der Waals surface area contributed by atoms with Crippen molar-refractivity contribution in [2.24, 2.45) is 4.99 Å². The van der Waals surface area contributed by atoms with E-state index in [1.165, 1.54) is 11.8 Å². The van der Waals surface area contributed by atoms with Crippen molar-refractivity contribution in [1.29, 1.82) is 0 Å². The summed E-state index contributed by atoms with van der Waals surface area (Å²) in [5.74, 6) is 0.150. The molecule has 0 aliphatic heterocycles. The molecule has 0 aromatic heterocycles. The van der Waals surface area contributed by atoms with Crippen LogP contribution in [0.4, 0.5) is 5.69 Å². The Bertz CT molecular complexity index is 816. The Morgan fingerprint density at radius 2 is 1.38 bits per heavy atom. The van der Waals surface area contributed by atoms with E-state index in [1.807, 2.05) is 36.4 Å². The van der Waals surface area contributed by atoms with Gasteiger partial charge in [-0.15, -0.1) is 0 Å². The molecule has 0 spiro atoms. The van der Waals surface area contributed by atoms with Crippen LogP contribution in [-0.4, -0.2) is 16.9 Å². The van der Waals surface area contributed by atoms with Crippen LogP contribution in [0.1, 0.15) is 0 Å². The smallest absolute Gasteiger partial charge is 0.150 e. The van der Waals surface area contributed by atoms with Crippen molar-refractivity contribution >= 4 is 34.9 Å². The molecule has 2 N–H and O–H groups in total. The van der Waals surface area contributed by atoms with E-state index in [9.17, 15) is 10.2 Å². The maximum atomic E-state index is 10.5. The summed E-state index contributed by atoms with van der Waals surface area (Å²) in [6.45, 7) is 3.51. The molecule has 3 aromatic rings. The van der Waals surface area contributed by atoms with Gasteiger partial charge in [0.05, 0.1) is 4.90 Å². The first-order chi connectivity index (χ1) is 10.2. The van der Waals surface area contributed by atoms with E-state index in [2.05, 4.69) is 11.7 Å². The third-order valence-corrected chi connectivity index (χ3v) is 4.31. The predicted molar refractivity (Wildman–Crippen MR) is 87.1 cm³/mol. The second-order valence-electron chi connectivity index (χ2n) is 4.49. The fourth-order valence-electron chi connectivity index (χ4n) is 2.22. The van der Waals surface area contributed by atoms with Crippen molar-refractivity contribution < 1.29 is 10.2 Å². The minimum absolute atomic E-state index is 0.0387. The number of phenolic OH excluding ortho intramolecular Hbond substituents is 2. The molecule has 0 saturated heterocycles. The highest BCUT2D eigenvalue weighted by Gasteiger charge is 2.18. The topological polar surface area (TPSA) is 52.8 Å². The Balaban J connectivity index is 2.26.